The molecule has 130 valence electrons. The maximum Gasteiger partial charge on any atom is 0.435 e. The third kappa shape index (κ3) is 4.58. The summed E-state index contributed by atoms with van der Waals surface area (Å²) in [4.78, 5) is 13.6. The summed E-state index contributed by atoms with van der Waals surface area (Å²) in [6.07, 6.45) is -3.62. The number of rotatable bonds is 6. The number of aliphatic hydroxyl groups excluding tert-OH is 1. The first-order valence-electron chi connectivity index (χ1n) is 7.33. The molecule has 0 atom stereocenters. The van der Waals surface area contributed by atoms with Gasteiger partial charge >= 0.3 is 6.18 Å². The standard InChI is InChI=1S/C16H18F3N3O2/c1-21(9-12-5-3-2-4-6-12)14(24)11-22-10-13(7-8-23)15(20-22)16(17,18)19/h2-6,10,23H,7-9,11H2,1H3. The number of hydrogen-bond donors (Lipinski definition) is 1. The molecule has 0 fully saturated rings. The highest BCUT2D eigenvalue weighted by molar-refractivity contribution is 5.75. The molecule has 1 aromatic carbocycles. The van der Waals surface area contributed by atoms with Crippen LogP contribution in [-0.4, -0.2) is 39.3 Å². The number of hydrogen-bond acceptors (Lipinski definition) is 3. The van der Waals surface area contributed by atoms with Crippen LogP contribution in [0, 0.1) is 0 Å². The van der Waals surface area contributed by atoms with E-state index < -0.39 is 18.5 Å². The quantitative estimate of drug-likeness (QED) is 0.875. The highest BCUT2D eigenvalue weighted by atomic mass is 19.4. The molecule has 0 spiro atoms. The van der Waals surface area contributed by atoms with Gasteiger partial charge in [0, 0.05) is 32.0 Å². The number of carbonyl (C=O) groups excluding carboxylic acids is 1. The Morgan fingerprint density at radius 3 is 2.54 bits per heavy atom. The zero-order valence-electron chi connectivity index (χ0n) is 13.1. The fourth-order valence-corrected chi connectivity index (χ4v) is 2.29. The summed E-state index contributed by atoms with van der Waals surface area (Å²) in [5, 5.41) is 12.3. The van der Waals surface area contributed by atoms with Gasteiger partial charge in [-0.3, -0.25) is 9.48 Å². The average Bonchev–Trinajstić information content (AvgIpc) is 2.91. The molecule has 2 rings (SSSR count). The van der Waals surface area contributed by atoms with E-state index in [2.05, 4.69) is 5.10 Å². The fourth-order valence-electron chi connectivity index (χ4n) is 2.29. The molecule has 2 aromatic rings. The van der Waals surface area contributed by atoms with Crippen LogP contribution in [0.3, 0.4) is 0 Å². The summed E-state index contributed by atoms with van der Waals surface area (Å²) in [6.45, 7) is -0.356. The van der Waals surface area contributed by atoms with E-state index in [0.717, 1.165) is 16.4 Å². The zero-order chi connectivity index (χ0) is 17.7. The second kappa shape index (κ2) is 7.48. The van der Waals surface area contributed by atoms with Gasteiger partial charge in [0.15, 0.2) is 5.69 Å². The molecule has 0 aliphatic rings. The number of likely N-dealkylation sites (N-methyl/N-ethyl adjacent to an activating group) is 1. The molecule has 1 heterocycles. The van der Waals surface area contributed by atoms with Gasteiger partial charge in [0.2, 0.25) is 5.91 Å². The number of alkyl halides is 3. The summed E-state index contributed by atoms with van der Waals surface area (Å²) in [6, 6.07) is 9.27. The maximum absolute atomic E-state index is 12.9. The van der Waals surface area contributed by atoms with Crippen LogP contribution in [-0.2, 0) is 30.5 Å². The van der Waals surface area contributed by atoms with Crippen LogP contribution in [0.15, 0.2) is 36.5 Å². The van der Waals surface area contributed by atoms with Crippen LogP contribution < -0.4 is 0 Å². The summed E-state index contributed by atoms with van der Waals surface area (Å²) in [5.41, 5.74) is -0.260. The molecule has 0 saturated heterocycles. The second-order valence-corrected chi connectivity index (χ2v) is 5.41. The van der Waals surface area contributed by atoms with Crippen LogP contribution in [0.4, 0.5) is 13.2 Å². The Morgan fingerprint density at radius 2 is 1.96 bits per heavy atom. The Balaban J connectivity index is 2.08. The third-order valence-corrected chi connectivity index (χ3v) is 3.47. The van der Waals surface area contributed by atoms with Crippen LogP contribution in [0.25, 0.3) is 0 Å². The van der Waals surface area contributed by atoms with Gasteiger partial charge in [0.1, 0.15) is 6.54 Å². The number of halogens is 3. The zero-order valence-corrected chi connectivity index (χ0v) is 13.1. The molecule has 0 saturated carbocycles. The first kappa shape index (κ1) is 18.0. The number of nitrogens with zero attached hydrogens (tertiary/aromatic N) is 3. The largest absolute Gasteiger partial charge is 0.435 e. The third-order valence-electron chi connectivity index (χ3n) is 3.47. The van der Waals surface area contributed by atoms with E-state index in [-0.39, 0.29) is 24.4 Å². The van der Waals surface area contributed by atoms with Gasteiger partial charge in [-0.25, -0.2) is 0 Å². The topological polar surface area (TPSA) is 58.4 Å². The summed E-state index contributed by atoms with van der Waals surface area (Å²) in [7, 11) is 1.58. The van der Waals surface area contributed by atoms with Crippen molar-refractivity contribution in [1.82, 2.24) is 14.7 Å². The Labute approximate surface area is 137 Å². The second-order valence-electron chi connectivity index (χ2n) is 5.41. The SMILES string of the molecule is CN(Cc1ccccc1)C(=O)Cn1cc(CCO)c(C(F)(F)F)n1. The van der Waals surface area contributed by atoms with E-state index in [1.54, 1.807) is 7.05 Å². The van der Waals surface area contributed by atoms with Crippen molar-refractivity contribution in [3.63, 3.8) is 0 Å². The van der Waals surface area contributed by atoms with Gasteiger partial charge in [-0.2, -0.15) is 18.3 Å². The molecule has 0 aliphatic heterocycles. The molecule has 8 heteroatoms. The fraction of sp³-hybridized carbons (Fsp3) is 0.375. The van der Waals surface area contributed by atoms with Gasteiger partial charge in [-0.1, -0.05) is 30.3 Å². The van der Waals surface area contributed by atoms with E-state index in [1.165, 1.54) is 4.90 Å². The Kier molecular flexibility index (Phi) is 5.61. The minimum Gasteiger partial charge on any atom is -0.396 e. The average molecular weight is 341 g/mol. The van der Waals surface area contributed by atoms with Gasteiger partial charge in [0.05, 0.1) is 0 Å². The molecule has 5 nitrogen and oxygen atoms in total. The monoisotopic (exact) mass is 341 g/mol. The number of carbonyl (C=O) groups is 1. The normalized spacial score (nSPS) is 11.5. The Morgan fingerprint density at radius 1 is 1.29 bits per heavy atom. The lowest BCUT2D eigenvalue weighted by Crippen LogP contribution is -2.30. The highest BCUT2D eigenvalue weighted by Crippen LogP contribution is 2.30. The van der Waals surface area contributed by atoms with Crippen molar-refractivity contribution in [2.45, 2.75) is 25.7 Å². The molecule has 1 amide bonds. The molecule has 0 aliphatic carbocycles. The minimum absolute atomic E-state index is 0.122. The van der Waals surface area contributed by atoms with E-state index >= 15 is 0 Å². The Hall–Kier alpha value is -2.35. The maximum atomic E-state index is 12.9. The van der Waals surface area contributed by atoms with Crippen molar-refractivity contribution in [2.24, 2.45) is 0 Å². The molecule has 0 bridgehead atoms. The smallest absolute Gasteiger partial charge is 0.396 e. The van der Waals surface area contributed by atoms with Crippen molar-refractivity contribution in [3.05, 3.63) is 53.3 Å². The van der Waals surface area contributed by atoms with Crippen LogP contribution >= 0.6 is 0 Å². The lowest BCUT2D eigenvalue weighted by molar-refractivity contribution is -0.142. The number of amides is 1. The van der Waals surface area contributed by atoms with Crippen molar-refractivity contribution in [3.8, 4) is 0 Å². The van der Waals surface area contributed by atoms with E-state index in [0.29, 0.717) is 6.54 Å². The molecule has 0 radical (unpaired) electrons. The lowest BCUT2D eigenvalue weighted by atomic mass is 10.2. The Bertz CT molecular complexity index is 684. The van der Waals surface area contributed by atoms with Crippen molar-refractivity contribution >= 4 is 5.91 Å². The van der Waals surface area contributed by atoms with Gasteiger partial charge in [-0.15, -0.1) is 0 Å². The molecule has 1 N–H and O–H groups in total. The lowest BCUT2D eigenvalue weighted by Gasteiger charge is -2.17. The summed E-state index contributed by atoms with van der Waals surface area (Å²) >= 11 is 0. The number of benzene rings is 1. The molecular weight excluding hydrogens is 323 g/mol. The van der Waals surface area contributed by atoms with Crippen molar-refractivity contribution in [1.29, 1.82) is 0 Å². The first-order chi connectivity index (χ1) is 11.3. The van der Waals surface area contributed by atoms with Gasteiger partial charge in [0.25, 0.3) is 0 Å². The van der Waals surface area contributed by atoms with Crippen LogP contribution in [0.2, 0.25) is 0 Å². The summed E-state index contributed by atoms with van der Waals surface area (Å²) in [5.74, 6) is -0.356. The van der Waals surface area contributed by atoms with Crippen LogP contribution in [0.1, 0.15) is 16.8 Å². The highest BCUT2D eigenvalue weighted by Gasteiger charge is 2.37. The van der Waals surface area contributed by atoms with Crippen molar-refractivity contribution < 1.29 is 23.1 Å². The number of aliphatic hydroxyl groups is 1. The predicted octanol–water partition coefficient (Wildman–Crippen LogP) is 2.10. The molecule has 24 heavy (non-hydrogen) atoms. The predicted molar refractivity (Wildman–Crippen MR) is 80.9 cm³/mol. The van der Waals surface area contributed by atoms with E-state index in [4.69, 9.17) is 5.11 Å². The molecular formula is C16H18F3N3O2. The molecule has 0 unspecified atom stereocenters. The van der Waals surface area contributed by atoms with E-state index in [1.807, 2.05) is 30.3 Å². The van der Waals surface area contributed by atoms with Gasteiger partial charge in [-0.05, 0) is 12.0 Å². The van der Waals surface area contributed by atoms with E-state index in [9.17, 15) is 18.0 Å². The number of aromatic nitrogens is 2. The van der Waals surface area contributed by atoms with Gasteiger partial charge < -0.3 is 10.0 Å². The van der Waals surface area contributed by atoms with Crippen molar-refractivity contribution in [2.75, 3.05) is 13.7 Å². The first-order valence-corrected chi connectivity index (χ1v) is 7.33. The summed E-state index contributed by atoms with van der Waals surface area (Å²) < 4.78 is 39.7. The molecule has 1 aromatic heterocycles. The van der Waals surface area contributed by atoms with Crippen LogP contribution in [0.5, 0.6) is 0 Å². The minimum atomic E-state index is -4.62.